The largest absolute Gasteiger partial charge is 0.505 e. The van der Waals surface area contributed by atoms with Gasteiger partial charge in [0.15, 0.2) is 23.2 Å². The number of fused-ring (bicyclic) bond motifs is 3. The van der Waals surface area contributed by atoms with E-state index in [2.05, 4.69) is 5.32 Å². The van der Waals surface area contributed by atoms with Crippen LogP contribution in [-0.4, -0.2) is 44.9 Å². The number of carbonyl (C=O) groups is 4. The van der Waals surface area contributed by atoms with Crippen LogP contribution < -0.4 is 10.7 Å². The number of aromatic carboxylic acids is 1. The van der Waals surface area contributed by atoms with Crippen LogP contribution in [0.5, 0.6) is 5.75 Å². The van der Waals surface area contributed by atoms with Crippen molar-refractivity contribution in [2.75, 3.05) is 6.54 Å². The normalized spacial score (nSPS) is 11.4. The van der Waals surface area contributed by atoms with Gasteiger partial charge in [-0.2, -0.15) is 0 Å². The van der Waals surface area contributed by atoms with Crippen LogP contribution >= 0.6 is 11.6 Å². The number of nitrogens with one attached hydrogen (secondary N) is 1. The van der Waals surface area contributed by atoms with Gasteiger partial charge in [0.25, 0.3) is 5.91 Å². The van der Waals surface area contributed by atoms with E-state index in [1.54, 1.807) is 28.8 Å². The number of carboxylic acid groups (broad SMARTS) is 1. The van der Waals surface area contributed by atoms with E-state index in [1.807, 2.05) is 32.0 Å². The Labute approximate surface area is 334 Å². The molecule has 7 rings (SSSR count). The minimum atomic E-state index is -1.37. The number of rotatable bonds is 12. The number of benzene rings is 5. The summed E-state index contributed by atoms with van der Waals surface area (Å²) in [5, 5.41) is 24.4. The van der Waals surface area contributed by atoms with Gasteiger partial charge in [-0.05, 0) is 98.5 Å². The molecule has 1 aliphatic heterocycles. The Balaban J connectivity index is 1.03. The highest BCUT2D eigenvalue weighted by Crippen LogP contribution is 2.43. The highest BCUT2D eigenvalue weighted by atomic mass is 35.5. The molecular formula is C45H35ClF2N2O8. The number of phenols is 1. The van der Waals surface area contributed by atoms with Gasteiger partial charge in [-0.1, -0.05) is 35.7 Å². The highest BCUT2D eigenvalue weighted by Gasteiger charge is 2.26. The Morgan fingerprint density at radius 2 is 1.55 bits per heavy atom. The molecule has 10 nitrogen and oxygen atoms in total. The number of aromatic hydroxyl groups is 1. The minimum absolute atomic E-state index is 0.000103. The SMILES string of the molecule is Cc1ccc2c(c1)c(CC(=O)NCCCCCC(=O)c1ccc(C(=O)O)c(-c3c4cc(F)c(=O)cc-4oc4cc(O)c(F)cc34)c1)c(C)n2C(=O)c1ccc(Cl)cc1. The average Bonchev–Trinajstić information content (AvgIpc) is 3.45. The molecule has 13 heteroatoms. The summed E-state index contributed by atoms with van der Waals surface area (Å²) < 4.78 is 36.6. The van der Waals surface area contributed by atoms with Gasteiger partial charge in [-0.25, -0.2) is 13.6 Å². The molecule has 5 aromatic rings. The van der Waals surface area contributed by atoms with Gasteiger partial charge < -0.3 is 19.9 Å². The molecule has 0 unspecified atom stereocenters. The van der Waals surface area contributed by atoms with E-state index in [4.69, 9.17) is 16.0 Å². The van der Waals surface area contributed by atoms with Crippen molar-refractivity contribution >= 4 is 57.0 Å². The van der Waals surface area contributed by atoms with Crippen molar-refractivity contribution in [2.24, 2.45) is 0 Å². The molecule has 1 aromatic heterocycles. The molecule has 0 spiro atoms. The van der Waals surface area contributed by atoms with Crippen LogP contribution in [0.2, 0.25) is 5.02 Å². The Hall–Kier alpha value is -6.66. The van der Waals surface area contributed by atoms with Crippen LogP contribution in [0.15, 0.2) is 94.1 Å². The lowest BCUT2D eigenvalue weighted by molar-refractivity contribution is -0.120. The zero-order valence-electron chi connectivity index (χ0n) is 31.3. The summed E-state index contributed by atoms with van der Waals surface area (Å²) in [6.07, 6.45) is 1.73. The molecule has 0 saturated carbocycles. The standard InChI is InChI=1S/C45H35ClF2N2O8/c1-23-7-14-36-30(16-23)29(24(2)50(36)44(55)25-8-11-27(46)12-9-25)20-42(54)49-15-5-3-4-6-37(51)26-10-13-28(45(56)57)31(17-26)43-32-18-34(47)38(52)21-40(32)58-41-22-39(53)35(48)19-33(41)43/h7-14,16-19,21-22,52H,3-6,15,20H2,1-2H3,(H,49,54)(H,56,57). The lowest BCUT2D eigenvalue weighted by Crippen LogP contribution is -2.26. The predicted octanol–water partition coefficient (Wildman–Crippen LogP) is 9.26. The molecule has 2 heterocycles. The van der Waals surface area contributed by atoms with E-state index < -0.39 is 28.8 Å². The first-order valence-corrected chi connectivity index (χ1v) is 18.8. The first-order valence-electron chi connectivity index (χ1n) is 18.4. The topological polar surface area (TPSA) is 156 Å². The first-order chi connectivity index (χ1) is 27.7. The summed E-state index contributed by atoms with van der Waals surface area (Å²) in [4.78, 5) is 64.7. The van der Waals surface area contributed by atoms with Gasteiger partial charge in [0.05, 0.1) is 17.5 Å². The summed E-state index contributed by atoms with van der Waals surface area (Å²) >= 11 is 6.03. The van der Waals surface area contributed by atoms with Crippen molar-refractivity contribution in [3.63, 3.8) is 0 Å². The molecule has 0 fully saturated rings. The minimum Gasteiger partial charge on any atom is -0.505 e. The number of ketones is 1. The molecule has 0 atom stereocenters. The molecular weight excluding hydrogens is 770 g/mol. The maximum absolute atomic E-state index is 14.7. The first kappa shape index (κ1) is 39.6. The van der Waals surface area contributed by atoms with Crippen molar-refractivity contribution in [1.29, 1.82) is 0 Å². The van der Waals surface area contributed by atoms with Crippen LogP contribution in [0.4, 0.5) is 8.78 Å². The summed E-state index contributed by atoms with van der Waals surface area (Å²) in [7, 11) is 0. The van der Waals surface area contributed by atoms with Gasteiger partial charge in [0, 0.05) is 68.8 Å². The summed E-state index contributed by atoms with van der Waals surface area (Å²) in [6.45, 7) is 4.10. The van der Waals surface area contributed by atoms with Gasteiger partial charge in [-0.15, -0.1) is 0 Å². The second-order valence-electron chi connectivity index (χ2n) is 14.1. The molecule has 2 aliphatic rings. The molecule has 1 amide bonds. The number of halogens is 3. The lowest BCUT2D eigenvalue weighted by Gasteiger charge is -2.18. The van der Waals surface area contributed by atoms with Gasteiger partial charge in [-0.3, -0.25) is 23.7 Å². The fourth-order valence-corrected chi connectivity index (χ4v) is 7.41. The second kappa shape index (κ2) is 16.1. The third-order valence-corrected chi connectivity index (χ3v) is 10.5. The van der Waals surface area contributed by atoms with Crippen LogP contribution in [0, 0.1) is 25.5 Å². The number of aryl methyl sites for hydroxylation is 1. The van der Waals surface area contributed by atoms with Crippen LogP contribution in [0.1, 0.15) is 73.6 Å². The number of Topliss-reactive ketones (excluding diaryl/α,β-unsaturated/α-hetero) is 1. The number of amides is 1. The molecule has 3 N–H and O–H groups in total. The van der Waals surface area contributed by atoms with E-state index in [0.29, 0.717) is 47.6 Å². The van der Waals surface area contributed by atoms with E-state index in [0.717, 1.165) is 40.8 Å². The number of hydrogen-bond donors (Lipinski definition) is 3. The Morgan fingerprint density at radius 3 is 2.29 bits per heavy atom. The number of hydrogen-bond acceptors (Lipinski definition) is 7. The van der Waals surface area contributed by atoms with E-state index in [1.165, 1.54) is 18.2 Å². The third kappa shape index (κ3) is 7.70. The Bertz CT molecular complexity index is 2840. The molecule has 294 valence electrons. The molecule has 0 bridgehead atoms. The average molecular weight is 805 g/mol. The number of unbranched alkanes of at least 4 members (excludes halogenated alkanes) is 2. The highest BCUT2D eigenvalue weighted by molar-refractivity contribution is 6.30. The number of nitrogens with zero attached hydrogens (tertiary/aromatic N) is 1. The summed E-state index contributed by atoms with van der Waals surface area (Å²) in [5.74, 6) is -5.25. The fourth-order valence-electron chi connectivity index (χ4n) is 7.29. The van der Waals surface area contributed by atoms with E-state index in [-0.39, 0.29) is 75.0 Å². The van der Waals surface area contributed by atoms with Crippen LogP contribution in [-0.2, 0) is 11.2 Å². The van der Waals surface area contributed by atoms with Crippen LogP contribution in [0.25, 0.3) is 44.3 Å². The van der Waals surface area contributed by atoms with Crippen LogP contribution in [0.3, 0.4) is 0 Å². The zero-order chi connectivity index (χ0) is 41.4. The molecule has 4 aromatic carbocycles. The smallest absolute Gasteiger partial charge is 0.336 e. The summed E-state index contributed by atoms with van der Waals surface area (Å²) in [6, 6.07) is 19.9. The summed E-state index contributed by atoms with van der Waals surface area (Å²) in [5.41, 5.74) is 2.24. The van der Waals surface area contributed by atoms with E-state index in [9.17, 15) is 43.0 Å². The van der Waals surface area contributed by atoms with Crippen molar-refractivity contribution in [3.8, 4) is 28.2 Å². The Kier molecular flexibility index (Phi) is 11.0. The van der Waals surface area contributed by atoms with Crippen molar-refractivity contribution in [3.05, 3.63) is 145 Å². The molecule has 0 radical (unpaired) electrons. The number of phenolic OH excluding ortho intramolecular Hbond substituents is 1. The molecule has 58 heavy (non-hydrogen) atoms. The number of carbonyl (C=O) groups excluding carboxylic acids is 3. The van der Waals surface area contributed by atoms with Crippen molar-refractivity contribution in [1.82, 2.24) is 9.88 Å². The van der Waals surface area contributed by atoms with E-state index >= 15 is 0 Å². The quantitative estimate of drug-likeness (QED) is 0.0627. The fraction of sp³-hybridized carbons (Fsp3) is 0.178. The van der Waals surface area contributed by atoms with Crippen molar-refractivity contribution < 1.29 is 42.6 Å². The van der Waals surface area contributed by atoms with Gasteiger partial charge >= 0.3 is 5.97 Å². The molecule has 0 saturated heterocycles. The zero-order valence-corrected chi connectivity index (χ0v) is 32.0. The second-order valence-corrected chi connectivity index (χ2v) is 14.6. The Morgan fingerprint density at radius 1 is 0.810 bits per heavy atom. The number of carboxylic acids is 1. The maximum atomic E-state index is 14.7. The number of aromatic nitrogens is 1. The lowest BCUT2D eigenvalue weighted by atomic mass is 9.88. The predicted molar refractivity (Wildman–Crippen MR) is 215 cm³/mol. The van der Waals surface area contributed by atoms with Gasteiger partial charge in [0.1, 0.15) is 11.3 Å². The molecule has 1 aliphatic carbocycles. The maximum Gasteiger partial charge on any atom is 0.336 e. The monoisotopic (exact) mass is 804 g/mol. The third-order valence-electron chi connectivity index (χ3n) is 10.2. The van der Waals surface area contributed by atoms with Gasteiger partial charge in [0.2, 0.25) is 11.3 Å². The van der Waals surface area contributed by atoms with Crippen molar-refractivity contribution in [2.45, 2.75) is 46.0 Å².